The number of nitrogens with one attached hydrogen (secondary N) is 2. The number of ether oxygens (including phenoxy) is 2. The Bertz CT molecular complexity index is 553. The normalized spacial score (nSPS) is 10.7. The number of rotatable bonds is 10. The molecule has 1 aromatic carbocycles. The van der Waals surface area contributed by atoms with Gasteiger partial charge in [-0.2, -0.15) is 0 Å². The number of carbonyl (C=O) groups excluding carboxylic acids is 1. The van der Waals surface area contributed by atoms with Crippen molar-refractivity contribution in [2.75, 3.05) is 47.0 Å². The molecule has 0 aliphatic carbocycles. The zero-order chi connectivity index (χ0) is 18.5. The first-order valence-electron chi connectivity index (χ1n) is 8.58. The van der Waals surface area contributed by atoms with Crippen LogP contribution in [0.25, 0.3) is 0 Å². The van der Waals surface area contributed by atoms with Crippen molar-refractivity contribution in [1.29, 1.82) is 0 Å². The fraction of sp³-hybridized carbons (Fsp3) is 0.556. The number of benzene rings is 1. The van der Waals surface area contributed by atoms with E-state index in [0.29, 0.717) is 32.1 Å². The molecule has 2 N–H and O–H groups in total. The standard InChI is InChI=1S/C18H30N4O3.HI/c1-5-19-18(20-10-11-24-6-2)21-13-15-8-7-9-16(12-15)25-14-17(23)22(3)4;/h7-9,12H,5-6,10-11,13-14H2,1-4H3,(H2,19,20,21);1H. The number of nitrogens with zero attached hydrogens (tertiary/aromatic N) is 2. The van der Waals surface area contributed by atoms with E-state index in [1.54, 1.807) is 14.1 Å². The molecule has 0 aliphatic rings. The Balaban J connectivity index is 0.00000625. The van der Waals surface area contributed by atoms with Crippen molar-refractivity contribution in [1.82, 2.24) is 15.5 Å². The van der Waals surface area contributed by atoms with Gasteiger partial charge in [0.05, 0.1) is 13.2 Å². The van der Waals surface area contributed by atoms with Crippen LogP contribution < -0.4 is 15.4 Å². The van der Waals surface area contributed by atoms with Crippen LogP contribution in [0, 0.1) is 0 Å². The average Bonchev–Trinajstić information content (AvgIpc) is 2.61. The van der Waals surface area contributed by atoms with E-state index < -0.39 is 0 Å². The third-order valence-corrected chi connectivity index (χ3v) is 3.27. The molecule has 0 bridgehead atoms. The SMILES string of the molecule is CCNC(=NCc1cccc(OCC(=O)N(C)C)c1)NCCOCC.I. The van der Waals surface area contributed by atoms with Crippen LogP contribution in [-0.2, 0) is 16.1 Å². The van der Waals surface area contributed by atoms with Crippen molar-refractivity contribution in [2.24, 2.45) is 4.99 Å². The zero-order valence-corrected chi connectivity index (χ0v) is 18.4. The number of hydrogen-bond donors (Lipinski definition) is 2. The molecule has 0 heterocycles. The van der Waals surface area contributed by atoms with Gasteiger partial charge in [0.25, 0.3) is 5.91 Å². The Morgan fingerprint density at radius 2 is 2.00 bits per heavy atom. The second kappa shape index (κ2) is 14.6. The van der Waals surface area contributed by atoms with Crippen molar-refractivity contribution in [2.45, 2.75) is 20.4 Å². The summed E-state index contributed by atoms with van der Waals surface area (Å²) in [6.45, 7) is 7.38. The second-order valence-electron chi connectivity index (χ2n) is 5.54. The summed E-state index contributed by atoms with van der Waals surface area (Å²) in [5.41, 5.74) is 1.01. The molecule has 0 fully saturated rings. The number of amides is 1. The first-order chi connectivity index (χ1) is 12.1. The monoisotopic (exact) mass is 478 g/mol. The smallest absolute Gasteiger partial charge is 0.259 e. The minimum Gasteiger partial charge on any atom is -0.484 e. The summed E-state index contributed by atoms with van der Waals surface area (Å²) in [7, 11) is 3.41. The lowest BCUT2D eigenvalue weighted by molar-refractivity contribution is -0.130. The van der Waals surface area contributed by atoms with Gasteiger partial charge in [-0.15, -0.1) is 24.0 Å². The lowest BCUT2D eigenvalue weighted by Gasteiger charge is -2.12. The molecule has 0 aromatic heterocycles. The number of likely N-dealkylation sites (N-methyl/N-ethyl adjacent to an activating group) is 1. The van der Waals surface area contributed by atoms with Crippen molar-refractivity contribution < 1.29 is 14.3 Å². The van der Waals surface area contributed by atoms with Gasteiger partial charge in [-0.25, -0.2) is 4.99 Å². The lowest BCUT2D eigenvalue weighted by atomic mass is 10.2. The van der Waals surface area contributed by atoms with Crippen molar-refractivity contribution in [3.05, 3.63) is 29.8 Å². The van der Waals surface area contributed by atoms with Crippen LogP contribution >= 0.6 is 24.0 Å². The van der Waals surface area contributed by atoms with Crippen LogP contribution in [0.1, 0.15) is 19.4 Å². The van der Waals surface area contributed by atoms with Crippen LogP contribution in [-0.4, -0.2) is 63.8 Å². The molecule has 0 saturated carbocycles. The molecule has 0 aliphatic heterocycles. The molecule has 0 radical (unpaired) electrons. The molecule has 1 rings (SSSR count). The highest BCUT2D eigenvalue weighted by atomic mass is 127. The van der Waals surface area contributed by atoms with E-state index in [1.165, 1.54) is 4.90 Å². The third-order valence-electron chi connectivity index (χ3n) is 3.27. The van der Waals surface area contributed by atoms with Crippen LogP contribution in [0.4, 0.5) is 0 Å². The summed E-state index contributed by atoms with van der Waals surface area (Å²) in [4.78, 5) is 17.6. The van der Waals surface area contributed by atoms with E-state index >= 15 is 0 Å². The predicted molar refractivity (Wildman–Crippen MR) is 115 cm³/mol. The van der Waals surface area contributed by atoms with E-state index in [2.05, 4.69) is 15.6 Å². The molecule has 26 heavy (non-hydrogen) atoms. The Labute approximate surface area is 173 Å². The quantitative estimate of drug-likeness (QED) is 0.233. The van der Waals surface area contributed by atoms with Gasteiger partial charge in [-0.3, -0.25) is 4.79 Å². The van der Waals surface area contributed by atoms with E-state index in [9.17, 15) is 4.79 Å². The summed E-state index contributed by atoms with van der Waals surface area (Å²) in [6, 6.07) is 7.61. The van der Waals surface area contributed by atoms with Crippen LogP contribution in [0.2, 0.25) is 0 Å². The molecule has 0 saturated heterocycles. The van der Waals surface area contributed by atoms with Gasteiger partial charge in [0.1, 0.15) is 5.75 Å². The van der Waals surface area contributed by atoms with Crippen molar-refractivity contribution in [3.63, 3.8) is 0 Å². The molecule has 148 valence electrons. The molecular weight excluding hydrogens is 447 g/mol. The molecule has 0 unspecified atom stereocenters. The van der Waals surface area contributed by atoms with E-state index in [-0.39, 0.29) is 36.5 Å². The van der Waals surface area contributed by atoms with Crippen LogP contribution in [0.5, 0.6) is 5.75 Å². The van der Waals surface area contributed by atoms with Gasteiger partial charge in [-0.05, 0) is 31.5 Å². The maximum absolute atomic E-state index is 11.6. The number of carbonyl (C=O) groups is 1. The van der Waals surface area contributed by atoms with Crippen molar-refractivity contribution >= 4 is 35.8 Å². The Kier molecular flexibility index (Phi) is 13.7. The summed E-state index contributed by atoms with van der Waals surface area (Å²) < 4.78 is 10.8. The van der Waals surface area contributed by atoms with Gasteiger partial charge >= 0.3 is 0 Å². The predicted octanol–water partition coefficient (Wildman–Crippen LogP) is 1.86. The zero-order valence-electron chi connectivity index (χ0n) is 16.1. The second-order valence-corrected chi connectivity index (χ2v) is 5.54. The Morgan fingerprint density at radius 3 is 2.65 bits per heavy atom. The van der Waals surface area contributed by atoms with Gasteiger partial charge in [0.15, 0.2) is 12.6 Å². The maximum Gasteiger partial charge on any atom is 0.259 e. The van der Waals surface area contributed by atoms with E-state index in [1.807, 2.05) is 38.1 Å². The fourth-order valence-electron chi connectivity index (χ4n) is 1.91. The first kappa shape index (κ1) is 24.5. The fourth-order valence-corrected chi connectivity index (χ4v) is 1.91. The lowest BCUT2D eigenvalue weighted by Crippen LogP contribution is -2.39. The molecule has 1 aromatic rings. The summed E-state index contributed by atoms with van der Waals surface area (Å²) in [6.07, 6.45) is 0. The first-order valence-corrected chi connectivity index (χ1v) is 8.58. The van der Waals surface area contributed by atoms with E-state index in [0.717, 1.165) is 18.1 Å². The molecule has 8 heteroatoms. The van der Waals surface area contributed by atoms with Gasteiger partial charge < -0.3 is 25.0 Å². The highest BCUT2D eigenvalue weighted by molar-refractivity contribution is 14.0. The Morgan fingerprint density at radius 1 is 1.23 bits per heavy atom. The number of guanidine groups is 1. The minimum atomic E-state index is -0.0728. The van der Waals surface area contributed by atoms with Crippen LogP contribution in [0.3, 0.4) is 0 Å². The van der Waals surface area contributed by atoms with E-state index in [4.69, 9.17) is 9.47 Å². The summed E-state index contributed by atoms with van der Waals surface area (Å²) in [5.74, 6) is 1.34. The van der Waals surface area contributed by atoms with Crippen molar-refractivity contribution in [3.8, 4) is 5.75 Å². The minimum absolute atomic E-state index is 0. The van der Waals surface area contributed by atoms with Gasteiger partial charge in [0, 0.05) is 33.8 Å². The highest BCUT2D eigenvalue weighted by Gasteiger charge is 2.05. The topological polar surface area (TPSA) is 75.2 Å². The summed E-state index contributed by atoms with van der Waals surface area (Å²) in [5, 5.41) is 6.42. The number of halogens is 1. The highest BCUT2D eigenvalue weighted by Crippen LogP contribution is 2.14. The third kappa shape index (κ3) is 10.4. The molecule has 1 amide bonds. The largest absolute Gasteiger partial charge is 0.484 e. The van der Waals surface area contributed by atoms with Gasteiger partial charge in [0.2, 0.25) is 0 Å². The molecular formula is C18H31IN4O3. The van der Waals surface area contributed by atoms with Gasteiger partial charge in [-0.1, -0.05) is 12.1 Å². The summed E-state index contributed by atoms with van der Waals surface area (Å²) >= 11 is 0. The molecule has 0 spiro atoms. The average molecular weight is 478 g/mol. The Hall–Kier alpha value is -1.55. The molecule has 0 atom stereocenters. The van der Waals surface area contributed by atoms with Crippen LogP contribution in [0.15, 0.2) is 29.3 Å². The molecule has 7 nitrogen and oxygen atoms in total. The maximum atomic E-state index is 11.6. The number of hydrogen-bond acceptors (Lipinski definition) is 4. The number of aliphatic imine (C=N–C) groups is 1.